The summed E-state index contributed by atoms with van der Waals surface area (Å²) in [5.41, 5.74) is 2.95. The molecule has 0 amide bonds. The van der Waals surface area contributed by atoms with Crippen LogP contribution >= 0.6 is 0 Å². The zero-order chi connectivity index (χ0) is 20.6. The minimum Gasteiger partial charge on any atom is -0.497 e. The van der Waals surface area contributed by atoms with Crippen LogP contribution in [0.15, 0.2) is 41.4 Å². The van der Waals surface area contributed by atoms with Gasteiger partial charge in [-0.1, -0.05) is 0 Å². The van der Waals surface area contributed by atoms with Crippen LogP contribution in [0.5, 0.6) is 5.75 Å². The van der Waals surface area contributed by atoms with Gasteiger partial charge in [0.15, 0.2) is 5.65 Å². The second kappa shape index (κ2) is 7.74. The van der Waals surface area contributed by atoms with Crippen molar-refractivity contribution in [3.05, 3.63) is 47.8 Å². The maximum atomic E-state index is 12.9. The number of nitrogens with zero attached hydrogens (tertiary/aromatic N) is 5. The van der Waals surface area contributed by atoms with Gasteiger partial charge in [0.2, 0.25) is 10.0 Å². The summed E-state index contributed by atoms with van der Waals surface area (Å²) in [5, 5.41) is 5.47. The van der Waals surface area contributed by atoms with E-state index in [1.807, 2.05) is 20.2 Å². The smallest absolute Gasteiger partial charge is 0.243 e. The number of sulfonamides is 1. The molecule has 154 valence electrons. The molecule has 1 aliphatic rings. The van der Waals surface area contributed by atoms with Crippen LogP contribution in [0.4, 0.5) is 0 Å². The molecule has 29 heavy (non-hydrogen) atoms. The number of fused-ring (bicyclic) bond motifs is 1. The predicted octanol–water partition coefficient (Wildman–Crippen LogP) is 1.79. The molecule has 1 aliphatic heterocycles. The molecule has 9 heteroatoms. The Bertz CT molecular complexity index is 1120. The fourth-order valence-electron chi connectivity index (χ4n) is 3.72. The van der Waals surface area contributed by atoms with Crippen LogP contribution in [-0.2, 0) is 23.6 Å². The van der Waals surface area contributed by atoms with Crippen LogP contribution in [0, 0.1) is 6.92 Å². The van der Waals surface area contributed by atoms with E-state index in [2.05, 4.69) is 21.0 Å². The summed E-state index contributed by atoms with van der Waals surface area (Å²) in [4.78, 5) is 7.09. The molecule has 0 atom stereocenters. The van der Waals surface area contributed by atoms with Gasteiger partial charge in [-0.25, -0.2) is 13.4 Å². The van der Waals surface area contributed by atoms with E-state index in [0.29, 0.717) is 36.8 Å². The number of ether oxygens (including phenoxy) is 1. The van der Waals surface area contributed by atoms with Gasteiger partial charge in [-0.3, -0.25) is 9.58 Å². The molecular formula is C20H25N5O3S. The first-order valence-electron chi connectivity index (χ1n) is 9.53. The number of piperazine rings is 1. The van der Waals surface area contributed by atoms with Gasteiger partial charge in [0.05, 0.1) is 17.7 Å². The molecule has 8 nitrogen and oxygen atoms in total. The molecule has 0 bridgehead atoms. The van der Waals surface area contributed by atoms with Crippen LogP contribution in [-0.4, -0.2) is 65.7 Å². The average molecular weight is 416 g/mol. The van der Waals surface area contributed by atoms with Gasteiger partial charge in [0, 0.05) is 51.4 Å². The zero-order valence-electron chi connectivity index (χ0n) is 16.9. The lowest BCUT2D eigenvalue weighted by atomic mass is 10.2. The first kappa shape index (κ1) is 19.8. The normalized spacial score (nSPS) is 16.4. The first-order chi connectivity index (χ1) is 13.9. The average Bonchev–Trinajstić information content (AvgIpc) is 3.01. The summed E-state index contributed by atoms with van der Waals surface area (Å²) in [6, 6.07) is 8.67. The SMILES string of the molecule is COc1ccc(S(=O)(=O)N2CCN(Cc3cnc4c(c3)c(C)nn4C)CC2)cc1. The molecule has 0 N–H and O–H groups in total. The van der Waals surface area contributed by atoms with E-state index in [1.54, 1.807) is 40.4 Å². The third-order valence-corrected chi connectivity index (χ3v) is 7.27. The van der Waals surface area contributed by atoms with E-state index in [4.69, 9.17) is 4.74 Å². The van der Waals surface area contributed by atoms with Gasteiger partial charge in [-0.05, 0) is 42.8 Å². The highest BCUT2D eigenvalue weighted by molar-refractivity contribution is 7.89. The Kier molecular flexibility index (Phi) is 5.28. The summed E-state index contributed by atoms with van der Waals surface area (Å²) >= 11 is 0. The molecule has 4 rings (SSSR count). The molecule has 0 radical (unpaired) electrons. The van der Waals surface area contributed by atoms with Gasteiger partial charge in [0.25, 0.3) is 0 Å². The first-order valence-corrected chi connectivity index (χ1v) is 11.0. The zero-order valence-corrected chi connectivity index (χ0v) is 17.7. The lowest BCUT2D eigenvalue weighted by Crippen LogP contribution is -2.48. The standard InChI is InChI=1S/C20H25N5O3S/c1-15-19-12-16(13-21-20(19)23(2)22-15)14-24-8-10-25(11-9-24)29(26,27)18-6-4-17(28-3)5-7-18/h4-7,12-13H,8-11,14H2,1-3H3. The van der Waals surface area contributed by atoms with Gasteiger partial charge < -0.3 is 4.74 Å². The molecule has 1 saturated heterocycles. The molecule has 0 unspecified atom stereocenters. The van der Waals surface area contributed by atoms with Crippen LogP contribution < -0.4 is 4.74 Å². The van der Waals surface area contributed by atoms with E-state index in [0.717, 1.165) is 28.8 Å². The fraction of sp³-hybridized carbons (Fsp3) is 0.400. The predicted molar refractivity (Wildman–Crippen MR) is 110 cm³/mol. The Labute approximate surface area is 170 Å². The Morgan fingerprint density at radius 3 is 2.45 bits per heavy atom. The number of aryl methyl sites for hydroxylation is 2. The molecule has 0 saturated carbocycles. The van der Waals surface area contributed by atoms with Crippen LogP contribution in [0.25, 0.3) is 11.0 Å². The topological polar surface area (TPSA) is 80.6 Å². The molecule has 3 aromatic rings. The van der Waals surface area contributed by atoms with Gasteiger partial charge in [-0.15, -0.1) is 0 Å². The van der Waals surface area contributed by atoms with Crippen molar-refractivity contribution in [2.24, 2.45) is 7.05 Å². The van der Waals surface area contributed by atoms with Crippen molar-refractivity contribution in [2.45, 2.75) is 18.4 Å². The van der Waals surface area contributed by atoms with Crippen molar-refractivity contribution in [1.82, 2.24) is 24.0 Å². The maximum absolute atomic E-state index is 12.9. The molecule has 0 spiro atoms. The Hall–Kier alpha value is -2.49. The van der Waals surface area contributed by atoms with Gasteiger partial charge >= 0.3 is 0 Å². The van der Waals surface area contributed by atoms with E-state index in [9.17, 15) is 8.42 Å². The lowest BCUT2D eigenvalue weighted by molar-refractivity contribution is 0.181. The summed E-state index contributed by atoms with van der Waals surface area (Å²) in [6.07, 6.45) is 1.88. The quantitative estimate of drug-likeness (QED) is 0.632. The van der Waals surface area contributed by atoms with Gasteiger partial charge in [0.1, 0.15) is 5.75 Å². The van der Waals surface area contributed by atoms with Crippen LogP contribution in [0.3, 0.4) is 0 Å². The van der Waals surface area contributed by atoms with Crippen LogP contribution in [0.2, 0.25) is 0 Å². The Morgan fingerprint density at radius 1 is 1.10 bits per heavy atom. The molecule has 1 fully saturated rings. The second-order valence-corrected chi connectivity index (χ2v) is 9.22. The number of benzene rings is 1. The molecule has 2 aromatic heterocycles. The number of hydrogen-bond donors (Lipinski definition) is 0. The number of pyridine rings is 1. The van der Waals surface area contributed by atoms with Gasteiger partial charge in [-0.2, -0.15) is 9.40 Å². The number of aromatic nitrogens is 3. The van der Waals surface area contributed by atoms with Crippen molar-refractivity contribution in [3.8, 4) is 5.75 Å². The van der Waals surface area contributed by atoms with Crippen molar-refractivity contribution in [2.75, 3.05) is 33.3 Å². The molecule has 3 heterocycles. The molecule has 1 aromatic carbocycles. The highest BCUT2D eigenvalue weighted by Crippen LogP contribution is 2.22. The molecule has 0 aliphatic carbocycles. The summed E-state index contributed by atoms with van der Waals surface area (Å²) in [6.45, 7) is 5.02. The highest BCUT2D eigenvalue weighted by atomic mass is 32.2. The number of hydrogen-bond acceptors (Lipinski definition) is 6. The highest BCUT2D eigenvalue weighted by Gasteiger charge is 2.28. The van der Waals surface area contributed by atoms with Crippen molar-refractivity contribution >= 4 is 21.1 Å². The monoisotopic (exact) mass is 415 g/mol. The third kappa shape index (κ3) is 3.85. The summed E-state index contributed by atoms with van der Waals surface area (Å²) < 4.78 is 34.2. The van der Waals surface area contributed by atoms with E-state index in [1.165, 1.54) is 0 Å². The van der Waals surface area contributed by atoms with E-state index >= 15 is 0 Å². The number of rotatable bonds is 5. The van der Waals surface area contributed by atoms with Crippen molar-refractivity contribution in [3.63, 3.8) is 0 Å². The summed E-state index contributed by atoms with van der Waals surface area (Å²) in [5.74, 6) is 0.642. The third-order valence-electron chi connectivity index (χ3n) is 5.35. The Balaban J connectivity index is 1.42. The molecular weight excluding hydrogens is 390 g/mol. The van der Waals surface area contributed by atoms with Crippen molar-refractivity contribution < 1.29 is 13.2 Å². The van der Waals surface area contributed by atoms with E-state index in [-0.39, 0.29) is 0 Å². The Morgan fingerprint density at radius 2 is 1.79 bits per heavy atom. The second-order valence-electron chi connectivity index (χ2n) is 7.28. The fourth-order valence-corrected chi connectivity index (χ4v) is 5.14. The largest absolute Gasteiger partial charge is 0.497 e. The lowest BCUT2D eigenvalue weighted by Gasteiger charge is -2.34. The summed E-state index contributed by atoms with van der Waals surface area (Å²) in [7, 11) is -0.0328. The number of methoxy groups -OCH3 is 1. The van der Waals surface area contributed by atoms with Crippen LogP contribution in [0.1, 0.15) is 11.3 Å². The maximum Gasteiger partial charge on any atom is 0.243 e. The van der Waals surface area contributed by atoms with E-state index < -0.39 is 10.0 Å². The minimum atomic E-state index is -3.49. The van der Waals surface area contributed by atoms with Crippen molar-refractivity contribution in [1.29, 1.82) is 0 Å². The minimum absolute atomic E-state index is 0.299.